The minimum atomic E-state index is -0.690. The summed E-state index contributed by atoms with van der Waals surface area (Å²) in [6.07, 6.45) is 4.05. The third-order valence-corrected chi connectivity index (χ3v) is 2.64. The smallest absolute Gasteiger partial charge is 0.306 e. The van der Waals surface area contributed by atoms with Crippen molar-refractivity contribution in [3.63, 3.8) is 0 Å². The van der Waals surface area contributed by atoms with Gasteiger partial charge in [-0.3, -0.25) is 4.79 Å². The van der Waals surface area contributed by atoms with Crippen LogP contribution in [-0.2, 0) is 11.2 Å². The second kappa shape index (κ2) is 5.59. The van der Waals surface area contributed by atoms with Crippen molar-refractivity contribution >= 4 is 5.97 Å². The molecule has 1 aromatic heterocycles. The number of rotatable bonds is 6. The molecule has 0 spiro atoms. The standard InChI is InChI=1S/C12H18O3/c1-9(2)11(12(13)14)7-3-5-10-6-4-8-15-10/h4,6,8-9,11H,3,5,7H2,1-2H3,(H,13,14). The van der Waals surface area contributed by atoms with Gasteiger partial charge in [0.25, 0.3) is 0 Å². The average Bonchev–Trinajstić information content (AvgIpc) is 2.63. The van der Waals surface area contributed by atoms with Gasteiger partial charge in [0.2, 0.25) is 0 Å². The molecule has 0 aliphatic carbocycles. The highest BCUT2D eigenvalue weighted by molar-refractivity contribution is 5.70. The van der Waals surface area contributed by atoms with Crippen molar-refractivity contribution in [2.75, 3.05) is 0 Å². The quantitative estimate of drug-likeness (QED) is 0.785. The van der Waals surface area contributed by atoms with Gasteiger partial charge in [-0.15, -0.1) is 0 Å². The third-order valence-electron chi connectivity index (χ3n) is 2.64. The van der Waals surface area contributed by atoms with Gasteiger partial charge in [0.15, 0.2) is 0 Å². The van der Waals surface area contributed by atoms with Crippen LogP contribution in [0.15, 0.2) is 22.8 Å². The molecule has 3 heteroatoms. The molecule has 0 radical (unpaired) electrons. The Morgan fingerprint density at radius 1 is 1.53 bits per heavy atom. The van der Waals surface area contributed by atoms with Crippen LogP contribution in [-0.4, -0.2) is 11.1 Å². The van der Waals surface area contributed by atoms with Crippen molar-refractivity contribution in [2.45, 2.75) is 33.1 Å². The highest BCUT2D eigenvalue weighted by Crippen LogP contribution is 2.19. The zero-order chi connectivity index (χ0) is 11.3. The molecule has 0 amide bonds. The predicted octanol–water partition coefficient (Wildman–Crippen LogP) is 2.96. The Balaban J connectivity index is 2.31. The van der Waals surface area contributed by atoms with Crippen LogP contribution in [0.5, 0.6) is 0 Å². The zero-order valence-corrected chi connectivity index (χ0v) is 9.27. The van der Waals surface area contributed by atoms with Gasteiger partial charge in [-0.05, 0) is 30.9 Å². The highest BCUT2D eigenvalue weighted by Gasteiger charge is 2.20. The molecule has 0 aliphatic heterocycles. The molecule has 1 heterocycles. The maximum Gasteiger partial charge on any atom is 0.306 e. The number of carboxylic acid groups (broad SMARTS) is 1. The first kappa shape index (κ1) is 11.8. The first-order valence-electron chi connectivity index (χ1n) is 5.36. The number of aryl methyl sites for hydroxylation is 1. The topological polar surface area (TPSA) is 50.4 Å². The summed E-state index contributed by atoms with van der Waals surface area (Å²) in [7, 11) is 0. The maximum atomic E-state index is 10.9. The van der Waals surface area contributed by atoms with E-state index in [2.05, 4.69) is 0 Å². The molecule has 0 bridgehead atoms. The summed E-state index contributed by atoms with van der Waals surface area (Å²) in [5.74, 6) is 0.200. The number of carboxylic acids is 1. The summed E-state index contributed by atoms with van der Waals surface area (Å²) in [5, 5.41) is 8.98. The lowest BCUT2D eigenvalue weighted by Crippen LogP contribution is -2.19. The molecule has 1 unspecified atom stereocenters. The Morgan fingerprint density at radius 3 is 2.73 bits per heavy atom. The van der Waals surface area contributed by atoms with Crippen LogP contribution >= 0.6 is 0 Å². The Hall–Kier alpha value is -1.25. The molecule has 0 aliphatic rings. The summed E-state index contributed by atoms with van der Waals surface area (Å²) < 4.78 is 5.19. The molecule has 0 saturated heterocycles. The molecule has 15 heavy (non-hydrogen) atoms. The first-order chi connectivity index (χ1) is 7.11. The minimum Gasteiger partial charge on any atom is -0.481 e. The molecule has 84 valence electrons. The summed E-state index contributed by atoms with van der Waals surface area (Å²) in [5.41, 5.74) is 0. The van der Waals surface area contributed by atoms with E-state index >= 15 is 0 Å². The normalized spacial score (nSPS) is 13.0. The number of aliphatic carboxylic acids is 1. The predicted molar refractivity (Wildman–Crippen MR) is 57.6 cm³/mol. The number of hydrogen-bond acceptors (Lipinski definition) is 2. The van der Waals surface area contributed by atoms with Crippen LogP contribution in [0.4, 0.5) is 0 Å². The molecule has 1 rings (SSSR count). The van der Waals surface area contributed by atoms with E-state index in [0.29, 0.717) is 6.42 Å². The number of hydrogen-bond donors (Lipinski definition) is 1. The molecular formula is C12H18O3. The Morgan fingerprint density at radius 2 is 2.27 bits per heavy atom. The number of furan rings is 1. The zero-order valence-electron chi connectivity index (χ0n) is 9.27. The van der Waals surface area contributed by atoms with Crippen LogP contribution < -0.4 is 0 Å². The fourth-order valence-electron chi connectivity index (χ4n) is 1.69. The van der Waals surface area contributed by atoms with Crippen molar-refractivity contribution in [1.29, 1.82) is 0 Å². The Kier molecular flexibility index (Phi) is 4.40. The molecular weight excluding hydrogens is 192 g/mol. The molecule has 0 saturated carbocycles. The largest absolute Gasteiger partial charge is 0.481 e. The molecule has 1 aromatic rings. The maximum absolute atomic E-state index is 10.9. The monoisotopic (exact) mass is 210 g/mol. The van der Waals surface area contributed by atoms with Crippen LogP contribution in [0.2, 0.25) is 0 Å². The second-order valence-electron chi connectivity index (χ2n) is 4.16. The lowest BCUT2D eigenvalue weighted by atomic mass is 9.90. The van der Waals surface area contributed by atoms with Crippen LogP contribution in [0.1, 0.15) is 32.4 Å². The van der Waals surface area contributed by atoms with E-state index < -0.39 is 5.97 Å². The fourth-order valence-corrected chi connectivity index (χ4v) is 1.69. The van der Waals surface area contributed by atoms with Crippen molar-refractivity contribution < 1.29 is 14.3 Å². The van der Waals surface area contributed by atoms with Gasteiger partial charge in [-0.1, -0.05) is 13.8 Å². The van der Waals surface area contributed by atoms with E-state index in [1.807, 2.05) is 26.0 Å². The SMILES string of the molecule is CC(C)C(CCCc1ccco1)C(=O)O. The fraction of sp³-hybridized carbons (Fsp3) is 0.583. The second-order valence-corrected chi connectivity index (χ2v) is 4.16. The van der Waals surface area contributed by atoms with Crippen molar-refractivity contribution in [3.8, 4) is 0 Å². The highest BCUT2D eigenvalue weighted by atomic mass is 16.4. The van der Waals surface area contributed by atoms with E-state index in [1.165, 1.54) is 0 Å². The molecule has 1 N–H and O–H groups in total. The van der Waals surface area contributed by atoms with E-state index in [-0.39, 0.29) is 11.8 Å². The van der Waals surface area contributed by atoms with Crippen LogP contribution in [0.25, 0.3) is 0 Å². The molecule has 3 nitrogen and oxygen atoms in total. The lowest BCUT2D eigenvalue weighted by molar-refractivity contribution is -0.143. The van der Waals surface area contributed by atoms with Crippen molar-refractivity contribution in [1.82, 2.24) is 0 Å². The van der Waals surface area contributed by atoms with Gasteiger partial charge >= 0.3 is 5.97 Å². The Labute approximate surface area is 90.1 Å². The van der Waals surface area contributed by atoms with Crippen LogP contribution in [0.3, 0.4) is 0 Å². The van der Waals surface area contributed by atoms with Gasteiger partial charge in [0.05, 0.1) is 12.2 Å². The van der Waals surface area contributed by atoms with Crippen LogP contribution in [0, 0.1) is 11.8 Å². The number of carbonyl (C=O) groups is 1. The lowest BCUT2D eigenvalue weighted by Gasteiger charge is -2.15. The first-order valence-corrected chi connectivity index (χ1v) is 5.36. The van der Waals surface area contributed by atoms with E-state index in [9.17, 15) is 4.79 Å². The van der Waals surface area contributed by atoms with Crippen molar-refractivity contribution in [3.05, 3.63) is 24.2 Å². The van der Waals surface area contributed by atoms with Gasteiger partial charge < -0.3 is 9.52 Å². The van der Waals surface area contributed by atoms with Gasteiger partial charge in [0.1, 0.15) is 5.76 Å². The van der Waals surface area contributed by atoms with E-state index in [0.717, 1.165) is 18.6 Å². The van der Waals surface area contributed by atoms with E-state index in [4.69, 9.17) is 9.52 Å². The minimum absolute atomic E-state index is 0.194. The Bertz CT molecular complexity index is 288. The van der Waals surface area contributed by atoms with Gasteiger partial charge in [-0.25, -0.2) is 0 Å². The van der Waals surface area contributed by atoms with Gasteiger partial charge in [-0.2, -0.15) is 0 Å². The molecule has 0 aromatic carbocycles. The molecule has 1 atom stereocenters. The summed E-state index contributed by atoms with van der Waals surface area (Å²) in [4.78, 5) is 10.9. The van der Waals surface area contributed by atoms with Crippen molar-refractivity contribution in [2.24, 2.45) is 11.8 Å². The van der Waals surface area contributed by atoms with Gasteiger partial charge in [0, 0.05) is 6.42 Å². The van der Waals surface area contributed by atoms with E-state index in [1.54, 1.807) is 6.26 Å². The molecule has 0 fully saturated rings. The average molecular weight is 210 g/mol. The summed E-state index contributed by atoms with van der Waals surface area (Å²) >= 11 is 0. The third kappa shape index (κ3) is 3.78. The summed E-state index contributed by atoms with van der Waals surface area (Å²) in [6, 6.07) is 3.78. The summed E-state index contributed by atoms with van der Waals surface area (Å²) in [6.45, 7) is 3.90.